The maximum atomic E-state index is 13.0. The van der Waals surface area contributed by atoms with Crippen LogP contribution in [0.5, 0.6) is 0 Å². The standard InChI is InChI=1S/C21H17FN2O2S/c22-15-7-9-16(10-8-15)23-20(25)12-18(19-6-3-11-27-19)24-13-14-4-1-2-5-17(14)21(24)26/h1-11,18H,12-13H2,(H,23,25). The van der Waals surface area contributed by atoms with Gasteiger partial charge in [0.15, 0.2) is 0 Å². The van der Waals surface area contributed by atoms with Gasteiger partial charge in [0.2, 0.25) is 5.91 Å². The molecule has 4 rings (SSSR count). The van der Waals surface area contributed by atoms with E-state index in [-0.39, 0.29) is 30.1 Å². The minimum absolute atomic E-state index is 0.0569. The van der Waals surface area contributed by atoms with Gasteiger partial charge in [0, 0.05) is 22.7 Å². The maximum Gasteiger partial charge on any atom is 0.255 e. The highest BCUT2D eigenvalue weighted by Crippen LogP contribution is 2.35. The molecule has 1 atom stereocenters. The summed E-state index contributed by atoms with van der Waals surface area (Å²) in [6.07, 6.45) is 0.137. The minimum atomic E-state index is -0.357. The number of nitrogens with zero attached hydrogens (tertiary/aromatic N) is 1. The molecular formula is C21H17FN2O2S. The van der Waals surface area contributed by atoms with Crippen molar-refractivity contribution in [2.24, 2.45) is 0 Å². The van der Waals surface area contributed by atoms with Crippen LogP contribution in [-0.4, -0.2) is 16.7 Å². The first-order valence-corrected chi connectivity index (χ1v) is 9.47. The van der Waals surface area contributed by atoms with Gasteiger partial charge in [-0.25, -0.2) is 4.39 Å². The summed E-state index contributed by atoms with van der Waals surface area (Å²) in [6, 6.07) is 16.7. The number of amides is 2. The quantitative estimate of drug-likeness (QED) is 0.703. The van der Waals surface area contributed by atoms with Crippen LogP contribution in [-0.2, 0) is 11.3 Å². The molecule has 136 valence electrons. The van der Waals surface area contributed by atoms with Gasteiger partial charge in [-0.1, -0.05) is 24.3 Å². The van der Waals surface area contributed by atoms with Crippen molar-refractivity contribution in [1.82, 2.24) is 4.90 Å². The molecule has 1 aliphatic heterocycles. The fourth-order valence-corrected chi connectivity index (χ4v) is 4.13. The van der Waals surface area contributed by atoms with Crippen LogP contribution < -0.4 is 5.32 Å². The van der Waals surface area contributed by atoms with E-state index >= 15 is 0 Å². The first-order valence-electron chi connectivity index (χ1n) is 8.59. The third kappa shape index (κ3) is 3.61. The van der Waals surface area contributed by atoms with E-state index in [4.69, 9.17) is 0 Å². The molecule has 0 saturated heterocycles. The number of carbonyl (C=O) groups is 2. The first-order chi connectivity index (χ1) is 13.1. The van der Waals surface area contributed by atoms with Crippen molar-refractivity contribution in [1.29, 1.82) is 0 Å². The molecule has 2 aromatic carbocycles. The molecule has 0 saturated carbocycles. The maximum absolute atomic E-state index is 13.0. The van der Waals surface area contributed by atoms with Crippen molar-refractivity contribution in [2.45, 2.75) is 19.0 Å². The number of carbonyl (C=O) groups excluding carboxylic acids is 2. The van der Waals surface area contributed by atoms with E-state index in [0.29, 0.717) is 17.8 Å². The largest absolute Gasteiger partial charge is 0.326 e. The number of rotatable bonds is 5. The lowest BCUT2D eigenvalue weighted by molar-refractivity contribution is -0.117. The van der Waals surface area contributed by atoms with Crippen LogP contribution in [0, 0.1) is 5.82 Å². The van der Waals surface area contributed by atoms with Crippen molar-refractivity contribution in [2.75, 3.05) is 5.32 Å². The molecule has 27 heavy (non-hydrogen) atoms. The van der Waals surface area contributed by atoms with E-state index in [1.54, 1.807) is 4.90 Å². The summed E-state index contributed by atoms with van der Waals surface area (Å²) in [6.45, 7) is 0.488. The van der Waals surface area contributed by atoms with Gasteiger partial charge in [0.25, 0.3) is 5.91 Å². The van der Waals surface area contributed by atoms with E-state index in [2.05, 4.69) is 5.32 Å². The normalized spacial score (nSPS) is 14.1. The van der Waals surface area contributed by atoms with Gasteiger partial charge in [0.1, 0.15) is 5.82 Å². The van der Waals surface area contributed by atoms with Crippen LogP contribution in [0.4, 0.5) is 10.1 Å². The third-order valence-electron chi connectivity index (χ3n) is 4.60. The monoisotopic (exact) mass is 380 g/mol. The van der Waals surface area contributed by atoms with Crippen molar-refractivity contribution >= 4 is 28.8 Å². The number of hydrogen-bond acceptors (Lipinski definition) is 3. The fraction of sp³-hybridized carbons (Fsp3) is 0.143. The Kier molecular flexibility index (Phi) is 4.73. The summed E-state index contributed by atoms with van der Waals surface area (Å²) < 4.78 is 13.0. The van der Waals surface area contributed by atoms with Crippen molar-refractivity contribution in [3.05, 3.63) is 87.9 Å². The van der Waals surface area contributed by atoms with E-state index in [1.165, 1.54) is 35.6 Å². The second kappa shape index (κ2) is 7.32. The zero-order valence-corrected chi connectivity index (χ0v) is 15.2. The van der Waals surface area contributed by atoms with Crippen LogP contribution in [0.25, 0.3) is 0 Å². The lowest BCUT2D eigenvalue weighted by Gasteiger charge is -2.26. The van der Waals surface area contributed by atoms with Crippen molar-refractivity contribution < 1.29 is 14.0 Å². The van der Waals surface area contributed by atoms with Gasteiger partial charge in [-0.15, -0.1) is 11.3 Å². The summed E-state index contributed by atoms with van der Waals surface area (Å²) in [4.78, 5) is 28.2. The zero-order chi connectivity index (χ0) is 18.8. The molecule has 2 amide bonds. The highest BCUT2D eigenvalue weighted by Gasteiger charge is 2.34. The van der Waals surface area contributed by atoms with Gasteiger partial charge in [-0.05, 0) is 47.3 Å². The Morgan fingerprint density at radius 3 is 2.59 bits per heavy atom. The van der Waals surface area contributed by atoms with Gasteiger partial charge < -0.3 is 10.2 Å². The first kappa shape index (κ1) is 17.4. The molecular weight excluding hydrogens is 363 g/mol. The van der Waals surface area contributed by atoms with Crippen molar-refractivity contribution in [3.8, 4) is 0 Å². The van der Waals surface area contributed by atoms with E-state index in [9.17, 15) is 14.0 Å². The summed E-state index contributed by atoms with van der Waals surface area (Å²) in [5.41, 5.74) is 2.20. The Labute approximate surface area is 160 Å². The predicted molar refractivity (Wildman–Crippen MR) is 103 cm³/mol. The number of halogens is 1. The van der Waals surface area contributed by atoms with E-state index in [1.807, 2.05) is 41.8 Å². The Hall–Kier alpha value is -2.99. The van der Waals surface area contributed by atoms with Crippen LogP contribution in [0.3, 0.4) is 0 Å². The average molecular weight is 380 g/mol. The molecule has 1 aliphatic rings. The molecule has 0 aliphatic carbocycles. The highest BCUT2D eigenvalue weighted by molar-refractivity contribution is 7.10. The third-order valence-corrected chi connectivity index (χ3v) is 5.58. The van der Waals surface area contributed by atoms with Crippen LogP contribution in [0.1, 0.15) is 33.3 Å². The predicted octanol–water partition coefficient (Wildman–Crippen LogP) is 4.61. The van der Waals surface area contributed by atoms with Gasteiger partial charge in [0.05, 0.1) is 12.5 Å². The second-order valence-electron chi connectivity index (χ2n) is 6.38. The Bertz CT molecular complexity index is 970. The van der Waals surface area contributed by atoms with Crippen LogP contribution in [0.2, 0.25) is 0 Å². The minimum Gasteiger partial charge on any atom is -0.326 e. The van der Waals surface area contributed by atoms with Gasteiger partial charge >= 0.3 is 0 Å². The smallest absolute Gasteiger partial charge is 0.255 e. The molecule has 0 bridgehead atoms. The fourth-order valence-electron chi connectivity index (χ4n) is 3.29. The Balaban J connectivity index is 1.55. The molecule has 1 N–H and O–H groups in total. The number of hydrogen-bond donors (Lipinski definition) is 1. The van der Waals surface area contributed by atoms with Gasteiger partial charge in [-0.2, -0.15) is 0 Å². The van der Waals surface area contributed by atoms with Gasteiger partial charge in [-0.3, -0.25) is 9.59 Å². The number of nitrogens with one attached hydrogen (secondary N) is 1. The Morgan fingerprint density at radius 2 is 1.89 bits per heavy atom. The molecule has 2 heterocycles. The molecule has 0 radical (unpaired) electrons. The van der Waals surface area contributed by atoms with E-state index in [0.717, 1.165) is 10.4 Å². The van der Waals surface area contributed by atoms with E-state index < -0.39 is 0 Å². The number of benzene rings is 2. The van der Waals surface area contributed by atoms with Crippen LogP contribution >= 0.6 is 11.3 Å². The molecule has 3 aromatic rings. The van der Waals surface area contributed by atoms with Crippen molar-refractivity contribution in [3.63, 3.8) is 0 Å². The van der Waals surface area contributed by atoms with Crippen LogP contribution in [0.15, 0.2) is 66.0 Å². The molecule has 4 nitrogen and oxygen atoms in total. The molecule has 0 fully saturated rings. The number of fused-ring (bicyclic) bond motifs is 1. The second-order valence-corrected chi connectivity index (χ2v) is 7.36. The zero-order valence-electron chi connectivity index (χ0n) is 14.4. The average Bonchev–Trinajstić information content (AvgIpc) is 3.31. The molecule has 0 spiro atoms. The Morgan fingerprint density at radius 1 is 1.11 bits per heavy atom. The topological polar surface area (TPSA) is 49.4 Å². The SMILES string of the molecule is O=C(CC(c1cccs1)N1Cc2ccccc2C1=O)Nc1ccc(F)cc1. The summed E-state index contributed by atoms with van der Waals surface area (Å²) >= 11 is 1.53. The molecule has 6 heteroatoms. The number of anilines is 1. The number of thiophene rings is 1. The highest BCUT2D eigenvalue weighted by atomic mass is 32.1. The lowest BCUT2D eigenvalue weighted by Crippen LogP contribution is -2.31. The molecule has 1 unspecified atom stereocenters. The molecule has 1 aromatic heterocycles. The summed E-state index contributed by atoms with van der Waals surface area (Å²) in [7, 11) is 0. The summed E-state index contributed by atoms with van der Waals surface area (Å²) in [5, 5.41) is 4.72. The lowest BCUT2D eigenvalue weighted by atomic mass is 10.1. The summed E-state index contributed by atoms with van der Waals surface area (Å²) in [5.74, 6) is -0.632.